The summed E-state index contributed by atoms with van der Waals surface area (Å²) in [6, 6.07) is 10.2. The first-order valence-electron chi connectivity index (χ1n) is 5.97. The smallest absolute Gasteiger partial charge is 0.0972 e. The number of hydrogen-bond donors (Lipinski definition) is 1. The molecule has 0 bridgehead atoms. The highest BCUT2D eigenvalue weighted by molar-refractivity contribution is 5.85. The second kappa shape index (κ2) is 4.17. The largest absolute Gasteiger partial charge is 0.387 e. The molecule has 3 nitrogen and oxygen atoms in total. The van der Waals surface area contributed by atoms with Crippen LogP contribution in [0.1, 0.15) is 18.4 Å². The van der Waals surface area contributed by atoms with Gasteiger partial charge in [0, 0.05) is 17.5 Å². The Bertz CT molecular complexity index is 565. The highest BCUT2D eigenvalue weighted by Crippen LogP contribution is 2.29. The van der Waals surface area contributed by atoms with Gasteiger partial charge in [0.15, 0.2) is 0 Å². The average Bonchev–Trinajstić information content (AvgIpc) is 3.20. The maximum Gasteiger partial charge on any atom is 0.0972 e. The quantitative estimate of drug-likeness (QED) is 0.644. The minimum Gasteiger partial charge on any atom is -0.387 e. The third-order valence-electron chi connectivity index (χ3n) is 3.14. The fraction of sp³-hybridized carbons (Fsp3) is 0.286. The minimum atomic E-state index is 0.540. The molecule has 2 aromatic rings. The van der Waals surface area contributed by atoms with Crippen molar-refractivity contribution in [2.45, 2.75) is 19.4 Å². The van der Waals surface area contributed by atoms with Crippen molar-refractivity contribution in [3.8, 4) is 0 Å². The number of aliphatic imine (C=N–C) groups is 1. The summed E-state index contributed by atoms with van der Waals surface area (Å²) in [6.45, 7) is 0.636. The molecule has 1 saturated carbocycles. The summed E-state index contributed by atoms with van der Waals surface area (Å²) >= 11 is 0. The molecule has 0 aliphatic heterocycles. The maximum absolute atomic E-state index is 5.90. The van der Waals surface area contributed by atoms with E-state index in [0.717, 1.165) is 22.3 Å². The van der Waals surface area contributed by atoms with Gasteiger partial charge >= 0.3 is 0 Å². The Morgan fingerprint density at radius 2 is 2.12 bits per heavy atom. The summed E-state index contributed by atoms with van der Waals surface area (Å²) in [4.78, 5) is 8.87. The van der Waals surface area contributed by atoms with Gasteiger partial charge in [0.2, 0.25) is 0 Å². The Hall–Kier alpha value is -1.90. The normalized spacial score (nSPS) is 16.4. The van der Waals surface area contributed by atoms with Gasteiger partial charge in [-0.05, 0) is 24.5 Å². The van der Waals surface area contributed by atoms with Crippen molar-refractivity contribution >= 4 is 16.7 Å². The molecule has 0 radical (unpaired) electrons. The topological polar surface area (TPSA) is 51.3 Å². The van der Waals surface area contributed by atoms with Crippen molar-refractivity contribution in [1.29, 1.82) is 0 Å². The van der Waals surface area contributed by atoms with Gasteiger partial charge in [-0.15, -0.1) is 0 Å². The molecule has 0 atom stereocenters. The van der Waals surface area contributed by atoms with E-state index in [2.05, 4.69) is 28.2 Å². The van der Waals surface area contributed by atoms with Crippen LogP contribution in [0.25, 0.3) is 10.9 Å². The second-order valence-corrected chi connectivity index (χ2v) is 4.51. The average molecular weight is 225 g/mol. The summed E-state index contributed by atoms with van der Waals surface area (Å²) in [5.41, 5.74) is 8.08. The van der Waals surface area contributed by atoms with Gasteiger partial charge in [0.1, 0.15) is 0 Å². The monoisotopic (exact) mass is 225 g/mol. The van der Waals surface area contributed by atoms with Gasteiger partial charge < -0.3 is 5.73 Å². The van der Waals surface area contributed by atoms with Crippen LogP contribution in [-0.4, -0.2) is 10.8 Å². The second-order valence-electron chi connectivity index (χ2n) is 4.51. The first-order chi connectivity index (χ1) is 8.34. The van der Waals surface area contributed by atoms with E-state index in [0.29, 0.717) is 12.5 Å². The van der Waals surface area contributed by atoms with Crippen LogP contribution in [0.3, 0.4) is 0 Å². The van der Waals surface area contributed by atoms with Crippen LogP contribution in [-0.2, 0) is 6.54 Å². The molecule has 1 aliphatic carbocycles. The third kappa shape index (κ3) is 2.13. The van der Waals surface area contributed by atoms with Crippen molar-refractivity contribution in [2.75, 3.05) is 0 Å². The van der Waals surface area contributed by atoms with Crippen LogP contribution in [0.4, 0.5) is 0 Å². The lowest BCUT2D eigenvalue weighted by atomic mass is 10.1. The van der Waals surface area contributed by atoms with Gasteiger partial charge in [-0.1, -0.05) is 24.3 Å². The lowest BCUT2D eigenvalue weighted by Crippen LogP contribution is -2.14. The fourth-order valence-corrected chi connectivity index (χ4v) is 1.98. The lowest BCUT2D eigenvalue weighted by Gasteiger charge is -2.03. The van der Waals surface area contributed by atoms with Crippen LogP contribution in [0.2, 0.25) is 0 Å². The number of pyridine rings is 1. The van der Waals surface area contributed by atoms with E-state index in [1.54, 1.807) is 0 Å². The molecule has 17 heavy (non-hydrogen) atoms. The Morgan fingerprint density at radius 1 is 1.29 bits per heavy atom. The molecular formula is C14H15N3. The molecule has 2 N–H and O–H groups in total. The van der Waals surface area contributed by atoms with Crippen molar-refractivity contribution < 1.29 is 0 Å². The van der Waals surface area contributed by atoms with Crippen molar-refractivity contribution in [3.63, 3.8) is 0 Å². The number of fused-ring (bicyclic) bond motifs is 1. The van der Waals surface area contributed by atoms with Crippen LogP contribution in [0.15, 0.2) is 41.5 Å². The Labute approximate surface area is 100 Å². The van der Waals surface area contributed by atoms with E-state index in [9.17, 15) is 0 Å². The molecule has 1 heterocycles. The SMILES string of the molecule is NC(=NCc1cccc2cccnc12)C1CC1. The van der Waals surface area contributed by atoms with Crippen LogP contribution < -0.4 is 5.73 Å². The fourth-order valence-electron chi connectivity index (χ4n) is 1.98. The predicted octanol–water partition coefficient (Wildman–Crippen LogP) is 2.50. The molecule has 0 spiro atoms. The zero-order chi connectivity index (χ0) is 11.7. The summed E-state index contributed by atoms with van der Waals surface area (Å²) < 4.78 is 0. The highest BCUT2D eigenvalue weighted by atomic mass is 14.9. The van der Waals surface area contributed by atoms with E-state index < -0.39 is 0 Å². The van der Waals surface area contributed by atoms with Crippen LogP contribution >= 0.6 is 0 Å². The molecule has 0 saturated heterocycles. The van der Waals surface area contributed by atoms with Gasteiger partial charge in [-0.25, -0.2) is 0 Å². The molecule has 0 unspecified atom stereocenters. The Kier molecular flexibility index (Phi) is 2.52. The van der Waals surface area contributed by atoms with Gasteiger partial charge in [0.25, 0.3) is 0 Å². The molecule has 1 aromatic carbocycles. The standard InChI is InChI=1S/C14H15N3/c15-14(11-6-7-11)17-9-12-4-1-3-10-5-2-8-16-13(10)12/h1-5,8,11H,6-7,9H2,(H2,15,17). The van der Waals surface area contributed by atoms with E-state index in [1.807, 2.05) is 18.3 Å². The Balaban J connectivity index is 1.92. The zero-order valence-corrected chi connectivity index (χ0v) is 9.63. The van der Waals surface area contributed by atoms with Crippen molar-refractivity contribution in [2.24, 2.45) is 16.6 Å². The number of amidine groups is 1. The van der Waals surface area contributed by atoms with Gasteiger partial charge in [-0.3, -0.25) is 9.98 Å². The number of para-hydroxylation sites is 1. The predicted molar refractivity (Wildman–Crippen MR) is 69.8 cm³/mol. The van der Waals surface area contributed by atoms with E-state index in [4.69, 9.17) is 5.73 Å². The van der Waals surface area contributed by atoms with Crippen LogP contribution in [0, 0.1) is 5.92 Å². The molecule has 3 heteroatoms. The van der Waals surface area contributed by atoms with Crippen molar-refractivity contribution in [1.82, 2.24) is 4.98 Å². The molecule has 1 aromatic heterocycles. The summed E-state index contributed by atoms with van der Waals surface area (Å²) in [5, 5.41) is 1.16. The molecule has 1 aliphatic rings. The number of rotatable bonds is 3. The van der Waals surface area contributed by atoms with Gasteiger partial charge in [0.05, 0.1) is 17.9 Å². The number of hydrogen-bond acceptors (Lipinski definition) is 2. The maximum atomic E-state index is 5.90. The highest BCUT2D eigenvalue weighted by Gasteiger charge is 2.25. The van der Waals surface area contributed by atoms with E-state index >= 15 is 0 Å². The first-order valence-corrected chi connectivity index (χ1v) is 5.97. The van der Waals surface area contributed by atoms with Crippen molar-refractivity contribution in [3.05, 3.63) is 42.1 Å². The van der Waals surface area contributed by atoms with E-state index in [1.165, 1.54) is 12.8 Å². The van der Waals surface area contributed by atoms with Gasteiger partial charge in [-0.2, -0.15) is 0 Å². The summed E-state index contributed by atoms with van der Waals surface area (Å²) in [6.07, 6.45) is 4.21. The lowest BCUT2D eigenvalue weighted by molar-refractivity contribution is 1.02. The molecular weight excluding hydrogens is 210 g/mol. The molecule has 1 fully saturated rings. The number of aromatic nitrogens is 1. The summed E-state index contributed by atoms with van der Waals surface area (Å²) in [7, 11) is 0. The number of benzene rings is 1. The Morgan fingerprint density at radius 3 is 2.94 bits per heavy atom. The van der Waals surface area contributed by atoms with Crippen LogP contribution in [0.5, 0.6) is 0 Å². The molecule has 3 rings (SSSR count). The first kappa shape index (κ1) is 10.3. The third-order valence-corrected chi connectivity index (χ3v) is 3.14. The number of nitrogens with zero attached hydrogens (tertiary/aromatic N) is 2. The summed E-state index contributed by atoms with van der Waals surface area (Å²) in [5.74, 6) is 1.34. The number of nitrogens with two attached hydrogens (primary N) is 1. The van der Waals surface area contributed by atoms with E-state index in [-0.39, 0.29) is 0 Å². The zero-order valence-electron chi connectivity index (χ0n) is 9.63. The minimum absolute atomic E-state index is 0.540. The molecule has 86 valence electrons. The molecule has 0 amide bonds.